The second-order valence-corrected chi connectivity index (χ2v) is 8.63. The normalized spacial score (nSPS) is 16.2. The van der Waals surface area contributed by atoms with Gasteiger partial charge in [0.25, 0.3) is 5.91 Å². The van der Waals surface area contributed by atoms with E-state index >= 15 is 0 Å². The number of hydrogen-bond donors (Lipinski definition) is 1. The van der Waals surface area contributed by atoms with Crippen LogP contribution < -0.4 is 5.32 Å². The van der Waals surface area contributed by atoms with Gasteiger partial charge in [0.2, 0.25) is 0 Å². The number of carbonyl (C=O) groups excluding carboxylic acids is 1. The Morgan fingerprint density at radius 3 is 2.85 bits per heavy atom. The maximum absolute atomic E-state index is 12.4. The zero-order chi connectivity index (χ0) is 18.1. The number of amides is 1. The molecule has 1 saturated heterocycles. The molecule has 1 N–H and O–H groups in total. The summed E-state index contributed by atoms with van der Waals surface area (Å²) in [6.45, 7) is 5.16. The van der Waals surface area contributed by atoms with Gasteiger partial charge in [0.1, 0.15) is 4.83 Å². The number of pyridine rings is 1. The highest BCUT2D eigenvalue weighted by Gasteiger charge is 2.28. The zero-order valence-electron chi connectivity index (χ0n) is 15.0. The smallest absolute Gasteiger partial charge is 0.261 e. The first kappa shape index (κ1) is 17.6. The number of aromatic nitrogens is 2. The Hall–Kier alpha value is -1.83. The fourth-order valence-electron chi connectivity index (χ4n) is 3.70. The van der Waals surface area contributed by atoms with Crippen LogP contribution in [0.15, 0.2) is 23.8 Å². The Bertz CT molecular complexity index is 925. The molecule has 0 atom stereocenters. The van der Waals surface area contributed by atoms with Crippen LogP contribution in [0.4, 0.5) is 0 Å². The number of thiazole rings is 1. The lowest BCUT2D eigenvalue weighted by atomic mass is 9.87. The van der Waals surface area contributed by atoms with Gasteiger partial charge in [-0.3, -0.25) is 9.69 Å². The molecule has 136 valence electrons. The fourth-order valence-corrected chi connectivity index (χ4v) is 5.69. The Morgan fingerprint density at radius 2 is 2.15 bits per heavy atom. The summed E-state index contributed by atoms with van der Waals surface area (Å²) in [6.07, 6.45) is 3.95. The second kappa shape index (κ2) is 7.42. The molecule has 0 aromatic carbocycles. The van der Waals surface area contributed by atoms with Crippen LogP contribution in [0.5, 0.6) is 0 Å². The van der Waals surface area contributed by atoms with Gasteiger partial charge in [0, 0.05) is 30.1 Å². The molecule has 7 heteroatoms. The minimum absolute atomic E-state index is 0.00529. The molecule has 1 amide bonds. The van der Waals surface area contributed by atoms with E-state index in [2.05, 4.69) is 33.2 Å². The van der Waals surface area contributed by atoms with Crippen molar-refractivity contribution in [3.05, 3.63) is 44.9 Å². The van der Waals surface area contributed by atoms with Gasteiger partial charge < -0.3 is 5.32 Å². The first-order valence-corrected chi connectivity index (χ1v) is 10.6. The summed E-state index contributed by atoms with van der Waals surface area (Å²) in [6, 6.07) is 4.07. The van der Waals surface area contributed by atoms with Gasteiger partial charge in [0.05, 0.1) is 16.1 Å². The Kier molecular flexibility index (Phi) is 5.02. The molecule has 0 bridgehead atoms. The third-order valence-electron chi connectivity index (χ3n) is 5.15. The van der Waals surface area contributed by atoms with Crippen LogP contribution in [0.3, 0.4) is 0 Å². The molecule has 4 heterocycles. The number of hydrogen-bond acceptors (Lipinski definition) is 6. The molecule has 4 rings (SSSR count). The van der Waals surface area contributed by atoms with Gasteiger partial charge in [-0.2, -0.15) is 0 Å². The molecule has 0 unspecified atom stereocenters. The van der Waals surface area contributed by atoms with Crippen LogP contribution in [-0.2, 0) is 6.54 Å². The van der Waals surface area contributed by atoms with Crippen molar-refractivity contribution in [1.29, 1.82) is 0 Å². The number of likely N-dealkylation sites (tertiary alicyclic amines) is 1. The zero-order valence-corrected chi connectivity index (χ0v) is 16.6. The predicted octanol–water partition coefficient (Wildman–Crippen LogP) is 3.80. The van der Waals surface area contributed by atoms with E-state index in [1.165, 1.54) is 21.8 Å². The molecular formula is C19H22N4OS2. The highest BCUT2D eigenvalue weighted by molar-refractivity contribution is 7.20. The standard InChI is InChI=1S/C19H22N4OS2/c1-12-15(25-11-22-12)10-23-8-5-13(6-9-23)16-14-4-3-7-21-19(14)26-17(16)18(24)20-2/h3-4,7,11,13H,5-6,8-10H2,1-2H3,(H,20,24). The summed E-state index contributed by atoms with van der Waals surface area (Å²) in [4.78, 5) is 26.9. The Labute approximate surface area is 161 Å². The van der Waals surface area contributed by atoms with E-state index in [1.54, 1.807) is 24.6 Å². The summed E-state index contributed by atoms with van der Waals surface area (Å²) in [5.41, 5.74) is 4.28. The second-order valence-electron chi connectivity index (χ2n) is 6.69. The molecule has 3 aromatic heterocycles. The molecule has 5 nitrogen and oxygen atoms in total. The van der Waals surface area contributed by atoms with Crippen molar-refractivity contribution in [3.63, 3.8) is 0 Å². The van der Waals surface area contributed by atoms with Crippen molar-refractivity contribution in [2.75, 3.05) is 20.1 Å². The van der Waals surface area contributed by atoms with E-state index in [-0.39, 0.29) is 5.91 Å². The first-order chi connectivity index (χ1) is 12.7. The van der Waals surface area contributed by atoms with Crippen molar-refractivity contribution >= 4 is 38.8 Å². The Balaban J connectivity index is 1.55. The van der Waals surface area contributed by atoms with E-state index in [4.69, 9.17) is 0 Å². The average Bonchev–Trinajstić information content (AvgIpc) is 3.25. The number of aryl methyl sites for hydroxylation is 1. The first-order valence-electron chi connectivity index (χ1n) is 8.88. The lowest BCUT2D eigenvalue weighted by molar-refractivity contribution is 0.0965. The molecule has 0 saturated carbocycles. The summed E-state index contributed by atoms with van der Waals surface area (Å²) < 4.78 is 0. The topological polar surface area (TPSA) is 58.1 Å². The van der Waals surface area contributed by atoms with E-state index in [0.717, 1.165) is 53.3 Å². The number of carbonyl (C=O) groups is 1. The minimum Gasteiger partial charge on any atom is -0.354 e. The molecule has 0 radical (unpaired) electrons. The number of rotatable bonds is 4. The van der Waals surface area contributed by atoms with E-state index < -0.39 is 0 Å². The van der Waals surface area contributed by atoms with Crippen molar-refractivity contribution < 1.29 is 4.79 Å². The van der Waals surface area contributed by atoms with Gasteiger partial charge >= 0.3 is 0 Å². The van der Waals surface area contributed by atoms with Gasteiger partial charge in [-0.05, 0) is 50.4 Å². The van der Waals surface area contributed by atoms with Crippen molar-refractivity contribution in [3.8, 4) is 0 Å². The number of nitrogens with zero attached hydrogens (tertiary/aromatic N) is 3. The van der Waals surface area contributed by atoms with E-state index in [1.807, 2.05) is 11.6 Å². The van der Waals surface area contributed by atoms with Gasteiger partial charge in [-0.1, -0.05) is 6.07 Å². The highest BCUT2D eigenvalue weighted by Crippen LogP contribution is 2.40. The van der Waals surface area contributed by atoms with Crippen LogP contribution in [0, 0.1) is 6.92 Å². The van der Waals surface area contributed by atoms with E-state index in [0.29, 0.717) is 5.92 Å². The van der Waals surface area contributed by atoms with Gasteiger partial charge in [-0.25, -0.2) is 9.97 Å². The maximum Gasteiger partial charge on any atom is 0.261 e. The van der Waals surface area contributed by atoms with Crippen LogP contribution in [0.25, 0.3) is 10.2 Å². The SMILES string of the molecule is CNC(=O)c1sc2ncccc2c1C1CCN(Cc2scnc2C)CC1. The quantitative estimate of drug-likeness (QED) is 0.741. The molecule has 1 aliphatic rings. The summed E-state index contributed by atoms with van der Waals surface area (Å²) >= 11 is 3.25. The van der Waals surface area contributed by atoms with Crippen molar-refractivity contribution in [2.24, 2.45) is 0 Å². The van der Waals surface area contributed by atoms with E-state index in [9.17, 15) is 4.79 Å². The number of fused-ring (bicyclic) bond motifs is 1. The van der Waals surface area contributed by atoms with Crippen LogP contribution >= 0.6 is 22.7 Å². The lowest BCUT2D eigenvalue weighted by Gasteiger charge is -2.32. The van der Waals surface area contributed by atoms with Gasteiger partial charge in [0.15, 0.2) is 0 Å². The van der Waals surface area contributed by atoms with Crippen LogP contribution in [0.1, 0.15) is 44.6 Å². The molecule has 0 aliphatic carbocycles. The molecule has 3 aromatic rings. The summed E-state index contributed by atoms with van der Waals surface area (Å²) in [5.74, 6) is 0.421. The maximum atomic E-state index is 12.4. The van der Waals surface area contributed by atoms with Crippen molar-refractivity contribution in [1.82, 2.24) is 20.2 Å². The fraction of sp³-hybridized carbons (Fsp3) is 0.421. The number of nitrogens with one attached hydrogen (secondary N) is 1. The molecular weight excluding hydrogens is 364 g/mol. The van der Waals surface area contributed by atoms with Crippen LogP contribution in [0.2, 0.25) is 0 Å². The highest BCUT2D eigenvalue weighted by atomic mass is 32.1. The molecule has 1 aliphatic heterocycles. The summed E-state index contributed by atoms with van der Waals surface area (Å²) in [5, 5.41) is 3.94. The number of piperidine rings is 1. The largest absolute Gasteiger partial charge is 0.354 e. The molecule has 1 fully saturated rings. The monoisotopic (exact) mass is 386 g/mol. The van der Waals surface area contributed by atoms with Crippen molar-refractivity contribution in [2.45, 2.75) is 32.2 Å². The third kappa shape index (κ3) is 3.26. The number of thiophene rings is 1. The summed E-state index contributed by atoms with van der Waals surface area (Å²) in [7, 11) is 1.70. The molecule has 0 spiro atoms. The Morgan fingerprint density at radius 1 is 1.35 bits per heavy atom. The predicted molar refractivity (Wildman–Crippen MR) is 107 cm³/mol. The third-order valence-corrected chi connectivity index (χ3v) is 7.19. The molecule has 26 heavy (non-hydrogen) atoms. The lowest BCUT2D eigenvalue weighted by Crippen LogP contribution is -2.33. The average molecular weight is 387 g/mol. The van der Waals surface area contributed by atoms with Gasteiger partial charge in [-0.15, -0.1) is 22.7 Å². The minimum atomic E-state index is 0.00529. The van der Waals surface area contributed by atoms with Crippen LogP contribution in [-0.4, -0.2) is 40.9 Å².